The number of hydrogen-bond acceptors (Lipinski definition) is 4. The van der Waals surface area contributed by atoms with Crippen molar-refractivity contribution in [1.29, 1.82) is 0 Å². The Labute approximate surface area is 98.9 Å². The van der Waals surface area contributed by atoms with Gasteiger partial charge in [0.25, 0.3) is 0 Å². The summed E-state index contributed by atoms with van der Waals surface area (Å²) in [6.07, 6.45) is 1.49. The SMILES string of the molecule is CC(C)(C)Oc1nccc(/C(N)=N/O)c1Cl. The lowest BCUT2D eigenvalue weighted by atomic mass is 10.2. The molecule has 5 nitrogen and oxygen atoms in total. The molecule has 88 valence electrons. The van der Waals surface area contributed by atoms with Crippen molar-refractivity contribution < 1.29 is 9.94 Å². The number of hydrogen-bond donors (Lipinski definition) is 2. The summed E-state index contributed by atoms with van der Waals surface area (Å²) in [6.45, 7) is 5.63. The lowest BCUT2D eigenvalue weighted by molar-refractivity contribution is 0.124. The number of rotatable bonds is 2. The highest BCUT2D eigenvalue weighted by Gasteiger charge is 2.18. The molecule has 1 aromatic rings. The van der Waals surface area contributed by atoms with E-state index >= 15 is 0 Å². The highest BCUT2D eigenvalue weighted by atomic mass is 35.5. The summed E-state index contributed by atoms with van der Waals surface area (Å²) < 4.78 is 5.53. The number of aromatic nitrogens is 1. The maximum Gasteiger partial charge on any atom is 0.233 e. The van der Waals surface area contributed by atoms with Gasteiger partial charge in [-0.3, -0.25) is 0 Å². The van der Waals surface area contributed by atoms with Crippen LogP contribution in [-0.2, 0) is 0 Å². The Balaban J connectivity index is 3.14. The molecule has 3 N–H and O–H groups in total. The van der Waals surface area contributed by atoms with Crippen molar-refractivity contribution >= 4 is 17.4 Å². The predicted octanol–water partition coefficient (Wildman–Crippen LogP) is 2.01. The monoisotopic (exact) mass is 243 g/mol. The maximum absolute atomic E-state index is 8.58. The van der Waals surface area contributed by atoms with E-state index in [-0.39, 0.29) is 16.7 Å². The zero-order valence-corrected chi connectivity index (χ0v) is 10.1. The summed E-state index contributed by atoms with van der Waals surface area (Å²) >= 11 is 6.03. The fraction of sp³-hybridized carbons (Fsp3) is 0.400. The van der Waals surface area contributed by atoms with Crippen LogP contribution in [0.15, 0.2) is 17.4 Å². The number of pyridine rings is 1. The normalized spacial score (nSPS) is 12.6. The van der Waals surface area contributed by atoms with Gasteiger partial charge in [-0.15, -0.1) is 0 Å². The molecule has 1 aromatic heterocycles. The van der Waals surface area contributed by atoms with Crippen LogP contribution in [0.1, 0.15) is 26.3 Å². The Morgan fingerprint density at radius 3 is 2.69 bits per heavy atom. The predicted molar refractivity (Wildman–Crippen MR) is 62.1 cm³/mol. The third-order valence-corrected chi connectivity index (χ3v) is 2.01. The number of oxime groups is 1. The molecule has 0 aromatic carbocycles. The van der Waals surface area contributed by atoms with E-state index in [1.165, 1.54) is 6.20 Å². The molecule has 0 bridgehead atoms. The molecule has 1 heterocycles. The van der Waals surface area contributed by atoms with Gasteiger partial charge in [0.05, 0.1) is 0 Å². The zero-order chi connectivity index (χ0) is 12.3. The molecule has 0 aliphatic heterocycles. The van der Waals surface area contributed by atoms with Crippen molar-refractivity contribution in [3.8, 4) is 5.88 Å². The molecule has 0 radical (unpaired) electrons. The third kappa shape index (κ3) is 3.00. The molecular formula is C10H14ClN3O2. The molecule has 0 aliphatic carbocycles. The first kappa shape index (κ1) is 12.6. The van der Waals surface area contributed by atoms with Crippen LogP contribution in [0, 0.1) is 0 Å². The summed E-state index contributed by atoms with van der Waals surface area (Å²) in [4.78, 5) is 3.99. The van der Waals surface area contributed by atoms with E-state index < -0.39 is 5.60 Å². The van der Waals surface area contributed by atoms with Crippen LogP contribution >= 0.6 is 11.6 Å². The van der Waals surface area contributed by atoms with Gasteiger partial charge < -0.3 is 15.7 Å². The molecule has 0 aliphatic rings. The second-order valence-corrected chi connectivity index (χ2v) is 4.56. The second kappa shape index (κ2) is 4.57. The molecule has 16 heavy (non-hydrogen) atoms. The molecule has 0 atom stereocenters. The minimum atomic E-state index is -0.416. The fourth-order valence-electron chi connectivity index (χ4n) is 1.04. The van der Waals surface area contributed by atoms with Crippen molar-refractivity contribution in [1.82, 2.24) is 4.98 Å². The maximum atomic E-state index is 8.58. The van der Waals surface area contributed by atoms with Crippen molar-refractivity contribution in [3.63, 3.8) is 0 Å². The third-order valence-electron chi connectivity index (χ3n) is 1.64. The number of nitrogens with zero attached hydrogens (tertiary/aromatic N) is 2. The average Bonchev–Trinajstić information content (AvgIpc) is 2.18. The molecule has 0 unspecified atom stereocenters. The number of ether oxygens (including phenoxy) is 1. The lowest BCUT2D eigenvalue weighted by Gasteiger charge is -2.21. The van der Waals surface area contributed by atoms with Gasteiger partial charge in [0.2, 0.25) is 5.88 Å². The van der Waals surface area contributed by atoms with Crippen LogP contribution in [0.3, 0.4) is 0 Å². The van der Waals surface area contributed by atoms with Crippen LogP contribution in [0.5, 0.6) is 5.88 Å². The molecule has 0 spiro atoms. The molecule has 0 amide bonds. The van der Waals surface area contributed by atoms with Crippen LogP contribution in [-0.4, -0.2) is 21.6 Å². The topological polar surface area (TPSA) is 80.7 Å². The first-order chi connectivity index (χ1) is 7.35. The Morgan fingerprint density at radius 1 is 1.56 bits per heavy atom. The molecule has 6 heteroatoms. The van der Waals surface area contributed by atoms with Crippen molar-refractivity contribution in [2.45, 2.75) is 26.4 Å². The number of nitrogens with two attached hydrogens (primary N) is 1. The summed E-state index contributed by atoms with van der Waals surface area (Å²) in [5, 5.41) is 11.7. The summed E-state index contributed by atoms with van der Waals surface area (Å²) in [5.41, 5.74) is 5.43. The minimum Gasteiger partial charge on any atom is -0.471 e. The van der Waals surface area contributed by atoms with E-state index in [2.05, 4.69) is 10.1 Å². The molecule has 0 saturated carbocycles. The zero-order valence-electron chi connectivity index (χ0n) is 9.36. The second-order valence-electron chi connectivity index (χ2n) is 4.18. The Kier molecular flexibility index (Phi) is 3.59. The van der Waals surface area contributed by atoms with Gasteiger partial charge in [-0.2, -0.15) is 0 Å². The van der Waals surface area contributed by atoms with Crippen molar-refractivity contribution in [2.75, 3.05) is 0 Å². The summed E-state index contributed by atoms with van der Waals surface area (Å²) in [5.74, 6) is 0.185. The number of halogens is 1. The highest BCUT2D eigenvalue weighted by Crippen LogP contribution is 2.28. The summed E-state index contributed by atoms with van der Waals surface area (Å²) in [6, 6.07) is 1.55. The molecule has 1 rings (SSSR count). The molecular weight excluding hydrogens is 230 g/mol. The fourth-order valence-corrected chi connectivity index (χ4v) is 1.28. The first-order valence-electron chi connectivity index (χ1n) is 4.66. The van der Waals surface area contributed by atoms with Crippen molar-refractivity contribution in [3.05, 3.63) is 22.8 Å². The highest BCUT2D eigenvalue weighted by molar-refractivity contribution is 6.35. The van der Waals surface area contributed by atoms with Crippen LogP contribution < -0.4 is 10.5 Å². The molecule has 0 saturated heterocycles. The largest absolute Gasteiger partial charge is 0.471 e. The average molecular weight is 244 g/mol. The smallest absolute Gasteiger partial charge is 0.233 e. The Morgan fingerprint density at radius 2 is 2.19 bits per heavy atom. The van der Waals surface area contributed by atoms with E-state index in [0.717, 1.165) is 0 Å². The van der Waals surface area contributed by atoms with Crippen molar-refractivity contribution in [2.24, 2.45) is 10.9 Å². The van der Waals surface area contributed by atoms with E-state index in [4.69, 9.17) is 27.3 Å². The van der Waals surface area contributed by atoms with Crippen LogP contribution in [0.4, 0.5) is 0 Å². The van der Waals surface area contributed by atoms with Gasteiger partial charge in [-0.1, -0.05) is 16.8 Å². The summed E-state index contributed by atoms with van der Waals surface area (Å²) in [7, 11) is 0. The standard InChI is InChI=1S/C10H14ClN3O2/c1-10(2,3)16-9-7(11)6(4-5-13-9)8(12)14-15/h4-5,15H,1-3H3,(H2,12,14). The van der Waals surface area contributed by atoms with E-state index in [1.54, 1.807) is 6.07 Å². The van der Waals surface area contributed by atoms with E-state index in [1.807, 2.05) is 20.8 Å². The minimum absolute atomic E-state index is 0.0776. The first-order valence-corrected chi connectivity index (χ1v) is 5.04. The van der Waals surface area contributed by atoms with Crippen LogP contribution in [0.2, 0.25) is 5.02 Å². The Hall–Kier alpha value is -1.49. The van der Waals surface area contributed by atoms with E-state index in [9.17, 15) is 0 Å². The quantitative estimate of drug-likeness (QED) is 0.360. The van der Waals surface area contributed by atoms with Gasteiger partial charge >= 0.3 is 0 Å². The van der Waals surface area contributed by atoms with Gasteiger partial charge in [0, 0.05) is 11.8 Å². The van der Waals surface area contributed by atoms with Gasteiger partial charge in [0.15, 0.2) is 5.84 Å². The Bertz CT molecular complexity index is 413. The van der Waals surface area contributed by atoms with Crippen LogP contribution in [0.25, 0.3) is 0 Å². The van der Waals surface area contributed by atoms with E-state index in [0.29, 0.717) is 5.56 Å². The van der Waals surface area contributed by atoms with Gasteiger partial charge in [0.1, 0.15) is 10.6 Å². The van der Waals surface area contributed by atoms with Gasteiger partial charge in [-0.25, -0.2) is 4.98 Å². The number of amidine groups is 1. The van der Waals surface area contributed by atoms with Gasteiger partial charge in [-0.05, 0) is 26.8 Å². The molecule has 0 fully saturated rings. The lowest BCUT2D eigenvalue weighted by Crippen LogP contribution is -2.24.